The van der Waals surface area contributed by atoms with Crippen molar-refractivity contribution in [3.8, 4) is 0 Å². The summed E-state index contributed by atoms with van der Waals surface area (Å²) in [7, 11) is 0. The van der Waals surface area contributed by atoms with Crippen molar-refractivity contribution in [1.29, 1.82) is 0 Å². The quantitative estimate of drug-likeness (QED) is 0.733. The molecule has 0 aliphatic carbocycles. The molecule has 1 fully saturated rings. The van der Waals surface area contributed by atoms with Crippen LogP contribution < -0.4 is 0 Å². The summed E-state index contributed by atoms with van der Waals surface area (Å²) in [6, 6.07) is 1.90. The maximum absolute atomic E-state index is 12.2. The van der Waals surface area contributed by atoms with Crippen LogP contribution in [0.25, 0.3) is 0 Å². The molecule has 1 aromatic rings. The molecule has 2 unspecified atom stereocenters. The number of carbonyl (C=O) groups is 1. The van der Waals surface area contributed by atoms with E-state index in [2.05, 4.69) is 11.9 Å². The van der Waals surface area contributed by atoms with Gasteiger partial charge in [0.25, 0.3) is 0 Å². The number of hydrogen-bond donors (Lipinski definition) is 0. The second-order valence-corrected chi connectivity index (χ2v) is 4.33. The van der Waals surface area contributed by atoms with E-state index in [9.17, 15) is 4.79 Å². The van der Waals surface area contributed by atoms with Crippen molar-refractivity contribution in [2.75, 3.05) is 6.61 Å². The average molecular weight is 219 g/mol. The van der Waals surface area contributed by atoms with Gasteiger partial charge in [0.05, 0.1) is 12.0 Å². The van der Waals surface area contributed by atoms with Crippen molar-refractivity contribution in [1.82, 2.24) is 4.98 Å². The molecule has 1 aliphatic heterocycles. The summed E-state index contributed by atoms with van der Waals surface area (Å²) in [5.41, 5.74) is 1.74. The minimum Gasteiger partial charge on any atom is -0.377 e. The van der Waals surface area contributed by atoms with Gasteiger partial charge < -0.3 is 4.74 Å². The highest BCUT2D eigenvalue weighted by atomic mass is 16.5. The first kappa shape index (κ1) is 11.3. The Balaban J connectivity index is 2.18. The number of ketones is 1. The molecule has 2 heterocycles. The third kappa shape index (κ3) is 2.14. The predicted molar refractivity (Wildman–Crippen MR) is 61.4 cm³/mol. The third-order valence-electron chi connectivity index (χ3n) is 3.11. The first-order valence-corrected chi connectivity index (χ1v) is 5.80. The highest BCUT2D eigenvalue weighted by Gasteiger charge is 2.33. The molecule has 0 amide bonds. The summed E-state index contributed by atoms with van der Waals surface area (Å²) < 4.78 is 5.55. The number of ether oxygens (including phenoxy) is 1. The SMILES string of the molecule is CCC1OCCC1C(=O)c1cncc(C)c1. The van der Waals surface area contributed by atoms with Gasteiger partial charge in [0.15, 0.2) is 5.78 Å². The molecule has 1 aliphatic rings. The lowest BCUT2D eigenvalue weighted by Crippen LogP contribution is -2.23. The van der Waals surface area contributed by atoms with Crippen molar-refractivity contribution in [2.45, 2.75) is 32.8 Å². The van der Waals surface area contributed by atoms with Crippen LogP contribution in [-0.2, 0) is 4.74 Å². The Labute approximate surface area is 95.8 Å². The lowest BCUT2D eigenvalue weighted by atomic mass is 9.91. The maximum atomic E-state index is 12.2. The first-order valence-electron chi connectivity index (χ1n) is 5.80. The summed E-state index contributed by atoms with van der Waals surface area (Å²) in [5, 5.41) is 0. The molecule has 0 bridgehead atoms. The number of aromatic nitrogens is 1. The van der Waals surface area contributed by atoms with Crippen LogP contribution in [0.5, 0.6) is 0 Å². The molecule has 3 nitrogen and oxygen atoms in total. The van der Waals surface area contributed by atoms with Crippen molar-refractivity contribution in [3.63, 3.8) is 0 Å². The Morgan fingerprint density at radius 3 is 3.06 bits per heavy atom. The Bertz CT molecular complexity index is 389. The van der Waals surface area contributed by atoms with Gasteiger partial charge in [-0.1, -0.05) is 6.92 Å². The van der Waals surface area contributed by atoms with Gasteiger partial charge in [-0.15, -0.1) is 0 Å². The van der Waals surface area contributed by atoms with Crippen LogP contribution in [0.1, 0.15) is 35.7 Å². The van der Waals surface area contributed by atoms with E-state index in [4.69, 9.17) is 4.74 Å². The number of aryl methyl sites for hydroxylation is 1. The Kier molecular flexibility index (Phi) is 3.34. The Morgan fingerprint density at radius 2 is 2.38 bits per heavy atom. The molecule has 0 saturated carbocycles. The van der Waals surface area contributed by atoms with Gasteiger partial charge in [0.2, 0.25) is 0 Å². The zero-order valence-electron chi connectivity index (χ0n) is 9.77. The van der Waals surface area contributed by atoms with E-state index in [0.29, 0.717) is 12.2 Å². The van der Waals surface area contributed by atoms with E-state index in [0.717, 1.165) is 18.4 Å². The summed E-state index contributed by atoms with van der Waals surface area (Å²) in [4.78, 5) is 16.3. The number of carbonyl (C=O) groups excluding carboxylic acids is 1. The van der Waals surface area contributed by atoms with E-state index in [1.54, 1.807) is 12.4 Å². The van der Waals surface area contributed by atoms with Crippen LogP contribution in [0.2, 0.25) is 0 Å². The Morgan fingerprint density at radius 1 is 1.56 bits per heavy atom. The normalized spacial score (nSPS) is 24.6. The second-order valence-electron chi connectivity index (χ2n) is 4.33. The van der Waals surface area contributed by atoms with E-state index in [1.165, 1.54) is 0 Å². The molecule has 16 heavy (non-hydrogen) atoms. The molecular formula is C13H17NO2. The van der Waals surface area contributed by atoms with Gasteiger partial charge in [-0.05, 0) is 31.4 Å². The molecule has 1 saturated heterocycles. The van der Waals surface area contributed by atoms with E-state index >= 15 is 0 Å². The smallest absolute Gasteiger partial charge is 0.170 e. The van der Waals surface area contributed by atoms with Crippen molar-refractivity contribution < 1.29 is 9.53 Å². The Hall–Kier alpha value is -1.22. The summed E-state index contributed by atoms with van der Waals surface area (Å²) in [6.07, 6.45) is 5.24. The zero-order valence-corrected chi connectivity index (χ0v) is 9.77. The van der Waals surface area contributed by atoms with E-state index in [1.807, 2.05) is 13.0 Å². The van der Waals surface area contributed by atoms with Crippen LogP contribution in [0, 0.1) is 12.8 Å². The minimum absolute atomic E-state index is 0.0219. The van der Waals surface area contributed by atoms with E-state index < -0.39 is 0 Å². The molecule has 0 spiro atoms. The van der Waals surface area contributed by atoms with Crippen LogP contribution >= 0.6 is 0 Å². The van der Waals surface area contributed by atoms with E-state index in [-0.39, 0.29) is 17.8 Å². The lowest BCUT2D eigenvalue weighted by Gasteiger charge is -2.15. The van der Waals surface area contributed by atoms with Gasteiger partial charge in [-0.2, -0.15) is 0 Å². The number of Topliss-reactive ketones (excluding diaryl/α,β-unsaturated/α-hetero) is 1. The first-order chi connectivity index (χ1) is 7.72. The predicted octanol–water partition coefficient (Wildman–Crippen LogP) is 2.39. The largest absolute Gasteiger partial charge is 0.377 e. The van der Waals surface area contributed by atoms with Crippen molar-refractivity contribution in [2.24, 2.45) is 5.92 Å². The van der Waals surface area contributed by atoms with Crippen LogP contribution in [0.15, 0.2) is 18.5 Å². The minimum atomic E-state index is 0.0219. The maximum Gasteiger partial charge on any atom is 0.170 e. The average Bonchev–Trinajstić information content (AvgIpc) is 2.76. The third-order valence-corrected chi connectivity index (χ3v) is 3.11. The standard InChI is InChI=1S/C13H17NO2/c1-3-12-11(4-5-16-12)13(15)10-6-9(2)7-14-8-10/h6-8,11-12H,3-5H2,1-2H3. The summed E-state index contributed by atoms with van der Waals surface area (Å²) in [5.74, 6) is 0.203. The van der Waals surface area contributed by atoms with Gasteiger partial charge in [0.1, 0.15) is 0 Å². The topological polar surface area (TPSA) is 39.2 Å². The van der Waals surface area contributed by atoms with Crippen LogP contribution in [0.4, 0.5) is 0 Å². The highest BCUT2D eigenvalue weighted by Crippen LogP contribution is 2.26. The molecule has 0 radical (unpaired) electrons. The molecular weight excluding hydrogens is 202 g/mol. The fourth-order valence-corrected chi connectivity index (χ4v) is 2.25. The summed E-state index contributed by atoms with van der Waals surface area (Å²) in [6.45, 7) is 4.71. The molecule has 2 atom stereocenters. The van der Waals surface area contributed by atoms with Crippen LogP contribution in [0.3, 0.4) is 0 Å². The number of nitrogens with zero attached hydrogens (tertiary/aromatic N) is 1. The number of pyridine rings is 1. The molecule has 3 heteroatoms. The molecule has 86 valence electrons. The number of rotatable bonds is 3. The van der Waals surface area contributed by atoms with Crippen molar-refractivity contribution in [3.05, 3.63) is 29.6 Å². The molecule has 1 aromatic heterocycles. The van der Waals surface area contributed by atoms with Gasteiger partial charge in [0, 0.05) is 24.6 Å². The van der Waals surface area contributed by atoms with Crippen molar-refractivity contribution >= 4 is 5.78 Å². The van der Waals surface area contributed by atoms with Gasteiger partial charge in [-0.3, -0.25) is 9.78 Å². The van der Waals surface area contributed by atoms with Gasteiger partial charge in [-0.25, -0.2) is 0 Å². The molecule has 0 aromatic carbocycles. The molecule has 2 rings (SSSR count). The zero-order chi connectivity index (χ0) is 11.5. The highest BCUT2D eigenvalue weighted by molar-refractivity contribution is 5.98. The number of hydrogen-bond acceptors (Lipinski definition) is 3. The fourth-order valence-electron chi connectivity index (χ4n) is 2.25. The lowest BCUT2D eigenvalue weighted by molar-refractivity contribution is 0.0689. The monoisotopic (exact) mass is 219 g/mol. The molecule has 0 N–H and O–H groups in total. The van der Waals surface area contributed by atoms with Crippen LogP contribution in [-0.4, -0.2) is 23.5 Å². The summed E-state index contributed by atoms with van der Waals surface area (Å²) >= 11 is 0. The fraction of sp³-hybridized carbons (Fsp3) is 0.538. The second kappa shape index (κ2) is 4.74. The van der Waals surface area contributed by atoms with Gasteiger partial charge >= 0.3 is 0 Å².